The smallest absolute Gasteiger partial charge is 0.226 e. The van der Waals surface area contributed by atoms with Crippen molar-refractivity contribution in [2.75, 3.05) is 19.6 Å². The Balaban J connectivity index is 1.51. The summed E-state index contributed by atoms with van der Waals surface area (Å²) in [7, 11) is 0. The zero-order chi connectivity index (χ0) is 16.1. The molecule has 0 radical (unpaired) electrons. The molecule has 5 heteroatoms. The normalized spacial score (nSPS) is 17.9. The van der Waals surface area contributed by atoms with Crippen LogP contribution < -0.4 is 10.6 Å². The minimum Gasteiger partial charge on any atom is -0.355 e. The third-order valence-corrected chi connectivity index (χ3v) is 5.12. The van der Waals surface area contributed by atoms with E-state index in [2.05, 4.69) is 46.8 Å². The van der Waals surface area contributed by atoms with Gasteiger partial charge in [0.15, 0.2) is 0 Å². The van der Waals surface area contributed by atoms with Gasteiger partial charge in [-0.15, -0.1) is 11.3 Å². The zero-order valence-corrected chi connectivity index (χ0v) is 14.3. The summed E-state index contributed by atoms with van der Waals surface area (Å²) < 4.78 is 0. The minimum absolute atomic E-state index is 0.0660. The molecule has 2 heterocycles. The van der Waals surface area contributed by atoms with Crippen molar-refractivity contribution in [1.82, 2.24) is 15.6 Å². The molecule has 4 nitrogen and oxygen atoms in total. The first-order chi connectivity index (χ1) is 11.2. The molecule has 1 unspecified atom stereocenters. The Morgan fingerprint density at radius 3 is 2.96 bits per heavy atom. The predicted octanol–water partition coefficient (Wildman–Crippen LogP) is 2.78. The van der Waals surface area contributed by atoms with E-state index in [1.54, 1.807) is 11.3 Å². The van der Waals surface area contributed by atoms with Crippen LogP contribution in [0.3, 0.4) is 0 Å². The SMILES string of the molecule is Cc1ccc(-c2nc(CC(=O)NCC3CCCNC3)cs2)cc1. The summed E-state index contributed by atoms with van der Waals surface area (Å²) in [5, 5.41) is 9.37. The first-order valence-electron chi connectivity index (χ1n) is 8.19. The topological polar surface area (TPSA) is 54.0 Å². The molecule has 2 aromatic rings. The Hall–Kier alpha value is -1.72. The molecule has 1 aromatic carbocycles. The van der Waals surface area contributed by atoms with E-state index in [0.717, 1.165) is 35.9 Å². The number of benzene rings is 1. The maximum Gasteiger partial charge on any atom is 0.226 e. The first kappa shape index (κ1) is 16.1. The second-order valence-electron chi connectivity index (χ2n) is 6.20. The van der Waals surface area contributed by atoms with Gasteiger partial charge in [-0.1, -0.05) is 29.8 Å². The summed E-state index contributed by atoms with van der Waals surface area (Å²) in [5.74, 6) is 0.627. The van der Waals surface area contributed by atoms with Gasteiger partial charge in [0.25, 0.3) is 0 Å². The van der Waals surface area contributed by atoms with E-state index in [0.29, 0.717) is 12.3 Å². The van der Waals surface area contributed by atoms with Gasteiger partial charge in [-0.25, -0.2) is 4.98 Å². The average Bonchev–Trinajstić information content (AvgIpc) is 3.03. The van der Waals surface area contributed by atoms with Crippen molar-refractivity contribution in [2.45, 2.75) is 26.2 Å². The van der Waals surface area contributed by atoms with Gasteiger partial charge < -0.3 is 10.6 Å². The minimum atomic E-state index is 0.0660. The van der Waals surface area contributed by atoms with E-state index >= 15 is 0 Å². The van der Waals surface area contributed by atoms with Gasteiger partial charge in [0.1, 0.15) is 5.01 Å². The number of amides is 1. The highest BCUT2D eigenvalue weighted by atomic mass is 32.1. The lowest BCUT2D eigenvalue weighted by Gasteiger charge is -2.22. The van der Waals surface area contributed by atoms with Crippen LogP contribution in [0.25, 0.3) is 10.6 Å². The van der Waals surface area contributed by atoms with Gasteiger partial charge in [-0.05, 0) is 38.8 Å². The van der Waals surface area contributed by atoms with Crippen LogP contribution in [-0.4, -0.2) is 30.5 Å². The molecule has 0 aliphatic carbocycles. The van der Waals surface area contributed by atoms with Crippen LogP contribution in [0.2, 0.25) is 0 Å². The van der Waals surface area contributed by atoms with Crippen molar-refractivity contribution < 1.29 is 4.79 Å². The molecule has 2 N–H and O–H groups in total. The summed E-state index contributed by atoms with van der Waals surface area (Å²) in [6.45, 7) is 4.95. The van der Waals surface area contributed by atoms with Crippen LogP contribution in [-0.2, 0) is 11.2 Å². The molecule has 0 bridgehead atoms. The molecule has 1 amide bonds. The van der Waals surface area contributed by atoms with Crippen molar-refractivity contribution in [3.8, 4) is 10.6 Å². The van der Waals surface area contributed by atoms with E-state index in [4.69, 9.17) is 0 Å². The van der Waals surface area contributed by atoms with Crippen molar-refractivity contribution in [2.24, 2.45) is 5.92 Å². The number of nitrogens with one attached hydrogen (secondary N) is 2. The van der Waals surface area contributed by atoms with Gasteiger partial charge in [0.2, 0.25) is 5.91 Å². The Morgan fingerprint density at radius 1 is 1.39 bits per heavy atom. The van der Waals surface area contributed by atoms with Crippen molar-refractivity contribution in [3.63, 3.8) is 0 Å². The molecular weight excluding hydrogens is 306 g/mol. The number of rotatable bonds is 5. The number of nitrogens with zero attached hydrogens (tertiary/aromatic N) is 1. The lowest BCUT2D eigenvalue weighted by atomic mass is 10.00. The maximum atomic E-state index is 12.1. The molecule has 1 aromatic heterocycles. The van der Waals surface area contributed by atoms with Gasteiger partial charge in [0.05, 0.1) is 12.1 Å². The number of aromatic nitrogens is 1. The van der Waals surface area contributed by atoms with Crippen LogP contribution in [0.15, 0.2) is 29.6 Å². The quantitative estimate of drug-likeness (QED) is 0.887. The molecule has 0 spiro atoms. The van der Waals surface area contributed by atoms with Crippen molar-refractivity contribution >= 4 is 17.2 Å². The van der Waals surface area contributed by atoms with Crippen LogP contribution >= 0.6 is 11.3 Å². The third kappa shape index (κ3) is 4.62. The second-order valence-corrected chi connectivity index (χ2v) is 7.06. The maximum absolute atomic E-state index is 12.1. The summed E-state index contributed by atoms with van der Waals surface area (Å²) in [5.41, 5.74) is 3.20. The number of piperidine rings is 1. The third-order valence-electron chi connectivity index (χ3n) is 4.18. The number of carbonyl (C=O) groups excluding carboxylic acids is 1. The van der Waals surface area contributed by atoms with Crippen LogP contribution in [0.5, 0.6) is 0 Å². The predicted molar refractivity (Wildman–Crippen MR) is 94.6 cm³/mol. The number of thiazole rings is 1. The lowest BCUT2D eigenvalue weighted by Crippen LogP contribution is -2.38. The summed E-state index contributed by atoms with van der Waals surface area (Å²) in [4.78, 5) is 16.7. The molecule has 1 saturated heterocycles. The molecule has 1 aliphatic heterocycles. The van der Waals surface area contributed by atoms with E-state index < -0.39 is 0 Å². The van der Waals surface area contributed by atoms with Crippen molar-refractivity contribution in [1.29, 1.82) is 0 Å². The fourth-order valence-electron chi connectivity index (χ4n) is 2.80. The Morgan fingerprint density at radius 2 is 2.22 bits per heavy atom. The summed E-state index contributed by atoms with van der Waals surface area (Å²) in [6, 6.07) is 8.32. The van der Waals surface area contributed by atoms with Crippen molar-refractivity contribution in [3.05, 3.63) is 40.9 Å². The molecule has 1 fully saturated rings. The van der Waals surface area contributed by atoms with Crippen LogP contribution in [0, 0.1) is 12.8 Å². The first-order valence-corrected chi connectivity index (χ1v) is 9.07. The molecule has 1 atom stereocenters. The number of carbonyl (C=O) groups is 1. The number of hydrogen-bond donors (Lipinski definition) is 2. The molecular formula is C18H23N3OS. The van der Waals surface area contributed by atoms with Gasteiger partial charge in [-0.3, -0.25) is 4.79 Å². The van der Waals surface area contributed by atoms with Gasteiger partial charge in [-0.2, -0.15) is 0 Å². The van der Waals surface area contributed by atoms with E-state index in [1.807, 2.05) is 5.38 Å². The molecule has 0 saturated carbocycles. The highest BCUT2D eigenvalue weighted by Gasteiger charge is 2.14. The highest BCUT2D eigenvalue weighted by molar-refractivity contribution is 7.13. The number of aryl methyl sites for hydroxylation is 1. The molecule has 3 rings (SSSR count). The fourth-order valence-corrected chi connectivity index (χ4v) is 3.63. The highest BCUT2D eigenvalue weighted by Crippen LogP contribution is 2.24. The van der Waals surface area contributed by atoms with Gasteiger partial charge >= 0.3 is 0 Å². The molecule has 1 aliphatic rings. The second kappa shape index (κ2) is 7.70. The largest absolute Gasteiger partial charge is 0.355 e. The fraction of sp³-hybridized carbons (Fsp3) is 0.444. The Bertz CT molecular complexity index is 645. The zero-order valence-electron chi connectivity index (χ0n) is 13.5. The Kier molecular flexibility index (Phi) is 5.41. The average molecular weight is 329 g/mol. The lowest BCUT2D eigenvalue weighted by molar-refractivity contribution is -0.120. The summed E-state index contributed by atoms with van der Waals surface area (Å²) in [6.07, 6.45) is 2.76. The number of hydrogen-bond acceptors (Lipinski definition) is 4. The van der Waals surface area contributed by atoms with Crippen LogP contribution in [0.4, 0.5) is 0 Å². The molecule has 122 valence electrons. The van der Waals surface area contributed by atoms with E-state index in [-0.39, 0.29) is 5.91 Å². The molecule has 23 heavy (non-hydrogen) atoms. The monoisotopic (exact) mass is 329 g/mol. The van der Waals surface area contributed by atoms with E-state index in [1.165, 1.54) is 18.4 Å². The standard InChI is InChI=1S/C18H23N3OS/c1-13-4-6-15(7-5-13)18-21-16(12-23-18)9-17(22)20-11-14-3-2-8-19-10-14/h4-7,12,14,19H,2-3,8-11H2,1H3,(H,20,22). The summed E-state index contributed by atoms with van der Waals surface area (Å²) >= 11 is 1.60. The van der Waals surface area contributed by atoms with E-state index in [9.17, 15) is 4.79 Å². The van der Waals surface area contributed by atoms with Crippen LogP contribution in [0.1, 0.15) is 24.1 Å². The van der Waals surface area contributed by atoms with Gasteiger partial charge in [0, 0.05) is 17.5 Å². The Labute approximate surface area is 141 Å².